The van der Waals surface area contributed by atoms with Crippen LogP contribution in [0.15, 0.2) is 40.9 Å². The van der Waals surface area contributed by atoms with E-state index in [4.69, 9.17) is 4.74 Å². The lowest BCUT2D eigenvalue weighted by Crippen LogP contribution is -2.37. The SMILES string of the molecule is Cc1ccc(OCC(=O)N(C)CC(=O)Nc2c(C)cccc2C)c(Br)c1. The number of carbonyl (C=O) groups excluding carboxylic acids is 2. The average Bonchev–Trinajstić information content (AvgIpc) is 2.57. The number of nitrogens with one attached hydrogen (secondary N) is 1. The fraction of sp³-hybridized carbons (Fsp3) is 0.300. The summed E-state index contributed by atoms with van der Waals surface area (Å²) in [5.41, 5.74) is 3.86. The zero-order valence-electron chi connectivity index (χ0n) is 15.4. The van der Waals surface area contributed by atoms with Gasteiger partial charge in [0.2, 0.25) is 5.91 Å². The van der Waals surface area contributed by atoms with Crippen LogP contribution in [0.2, 0.25) is 0 Å². The van der Waals surface area contributed by atoms with Crippen LogP contribution in [0.1, 0.15) is 16.7 Å². The number of aryl methyl sites for hydroxylation is 3. The van der Waals surface area contributed by atoms with Crippen LogP contribution >= 0.6 is 15.9 Å². The summed E-state index contributed by atoms with van der Waals surface area (Å²) in [6.07, 6.45) is 0. The van der Waals surface area contributed by atoms with Crippen molar-refractivity contribution in [3.8, 4) is 5.75 Å². The third-order valence-corrected chi connectivity index (χ3v) is 4.61. The molecule has 5 nitrogen and oxygen atoms in total. The first-order valence-corrected chi connectivity index (χ1v) is 9.06. The van der Waals surface area contributed by atoms with Crippen LogP contribution < -0.4 is 10.1 Å². The number of likely N-dealkylation sites (N-methyl/N-ethyl adjacent to an activating group) is 1. The van der Waals surface area contributed by atoms with Crippen LogP contribution in [-0.4, -0.2) is 36.9 Å². The highest BCUT2D eigenvalue weighted by Crippen LogP contribution is 2.25. The van der Waals surface area contributed by atoms with Gasteiger partial charge in [0.1, 0.15) is 5.75 Å². The molecular formula is C20H23BrN2O3. The molecule has 1 N–H and O–H groups in total. The largest absolute Gasteiger partial charge is 0.483 e. The number of hydrogen-bond donors (Lipinski definition) is 1. The van der Waals surface area contributed by atoms with Crippen molar-refractivity contribution in [2.45, 2.75) is 20.8 Å². The Labute approximate surface area is 162 Å². The number of carbonyl (C=O) groups is 2. The van der Waals surface area contributed by atoms with Gasteiger partial charge in [-0.05, 0) is 65.5 Å². The Balaban J connectivity index is 1.89. The predicted octanol–water partition coefficient (Wildman–Crippen LogP) is 3.85. The number of ether oxygens (including phenoxy) is 1. The van der Waals surface area contributed by atoms with Gasteiger partial charge in [-0.1, -0.05) is 24.3 Å². The molecule has 138 valence electrons. The van der Waals surface area contributed by atoms with E-state index in [1.807, 2.05) is 51.1 Å². The van der Waals surface area contributed by atoms with Crippen LogP contribution in [0.25, 0.3) is 0 Å². The van der Waals surface area contributed by atoms with E-state index in [2.05, 4.69) is 21.2 Å². The summed E-state index contributed by atoms with van der Waals surface area (Å²) in [6, 6.07) is 11.4. The van der Waals surface area contributed by atoms with Gasteiger partial charge in [0, 0.05) is 12.7 Å². The standard InChI is InChI=1S/C20H23BrN2O3/c1-13-8-9-17(16(21)10-13)26-12-19(25)23(4)11-18(24)22-20-14(2)6-5-7-15(20)3/h5-10H,11-12H2,1-4H3,(H,22,24). The quantitative estimate of drug-likeness (QED) is 0.774. The number of rotatable bonds is 6. The van der Waals surface area contributed by atoms with Gasteiger partial charge in [-0.2, -0.15) is 0 Å². The highest BCUT2D eigenvalue weighted by atomic mass is 79.9. The Morgan fingerprint density at radius 3 is 2.38 bits per heavy atom. The molecule has 0 saturated carbocycles. The molecule has 2 amide bonds. The maximum Gasteiger partial charge on any atom is 0.260 e. The molecule has 6 heteroatoms. The lowest BCUT2D eigenvalue weighted by Gasteiger charge is -2.18. The van der Waals surface area contributed by atoms with E-state index in [1.54, 1.807) is 13.1 Å². The molecule has 0 radical (unpaired) electrons. The number of benzene rings is 2. The summed E-state index contributed by atoms with van der Waals surface area (Å²) in [6.45, 7) is 5.68. The summed E-state index contributed by atoms with van der Waals surface area (Å²) in [7, 11) is 1.58. The lowest BCUT2D eigenvalue weighted by atomic mass is 10.1. The smallest absolute Gasteiger partial charge is 0.260 e. The highest BCUT2D eigenvalue weighted by Gasteiger charge is 2.15. The number of para-hydroxylation sites is 1. The Morgan fingerprint density at radius 1 is 1.12 bits per heavy atom. The predicted molar refractivity (Wildman–Crippen MR) is 107 cm³/mol. The third kappa shape index (κ3) is 5.33. The molecular weight excluding hydrogens is 396 g/mol. The lowest BCUT2D eigenvalue weighted by molar-refractivity contribution is -0.135. The Kier molecular flexibility index (Phi) is 6.80. The second-order valence-electron chi connectivity index (χ2n) is 6.29. The molecule has 0 spiro atoms. The monoisotopic (exact) mass is 418 g/mol. The fourth-order valence-electron chi connectivity index (χ4n) is 2.47. The minimum atomic E-state index is -0.269. The van der Waals surface area contributed by atoms with Crippen molar-refractivity contribution in [3.05, 3.63) is 57.6 Å². The van der Waals surface area contributed by atoms with Crippen LogP contribution in [-0.2, 0) is 9.59 Å². The molecule has 2 rings (SSSR count). The van der Waals surface area contributed by atoms with Gasteiger partial charge in [-0.3, -0.25) is 9.59 Å². The zero-order valence-corrected chi connectivity index (χ0v) is 17.0. The number of halogens is 1. The van der Waals surface area contributed by atoms with Crippen molar-refractivity contribution in [1.29, 1.82) is 0 Å². The van der Waals surface area contributed by atoms with E-state index in [1.165, 1.54) is 4.90 Å². The number of nitrogens with zero attached hydrogens (tertiary/aromatic N) is 1. The Morgan fingerprint density at radius 2 is 1.77 bits per heavy atom. The normalized spacial score (nSPS) is 10.3. The van der Waals surface area contributed by atoms with E-state index in [0.717, 1.165) is 26.9 Å². The molecule has 0 bridgehead atoms. The van der Waals surface area contributed by atoms with E-state index in [9.17, 15) is 9.59 Å². The van der Waals surface area contributed by atoms with Gasteiger partial charge in [0.05, 0.1) is 11.0 Å². The van der Waals surface area contributed by atoms with Gasteiger partial charge in [0.15, 0.2) is 6.61 Å². The maximum absolute atomic E-state index is 12.2. The van der Waals surface area contributed by atoms with E-state index >= 15 is 0 Å². The molecule has 0 aliphatic rings. The van der Waals surface area contributed by atoms with Crippen molar-refractivity contribution < 1.29 is 14.3 Å². The van der Waals surface area contributed by atoms with Crippen molar-refractivity contribution in [2.75, 3.05) is 25.5 Å². The summed E-state index contributed by atoms with van der Waals surface area (Å²) < 4.78 is 6.34. The molecule has 0 aliphatic heterocycles. The first kappa shape index (κ1) is 20.0. The van der Waals surface area contributed by atoms with E-state index in [0.29, 0.717) is 5.75 Å². The van der Waals surface area contributed by atoms with Crippen molar-refractivity contribution in [1.82, 2.24) is 4.90 Å². The molecule has 26 heavy (non-hydrogen) atoms. The molecule has 0 fully saturated rings. The minimum Gasteiger partial charge on any atom is -0.483 e. The minimum absolute atomic E-state index is 0.0367. The van der Waals surface area contributed by atoms with Gasteiger partial charge < -0.3 is 15.0 Å². The van der Waals surface area contributed by atoms with Crippen LogP contribution in [0.5, 0.6) is 5.75 Å². The second kappa shape index (κ2) is 8.85. The van der Waals surface area contributed by atoms with Crippen LogP contribution in [0.4, 0.5) is 5.69 Å². The zero-order chi connectivity index (χ0) is 19.3. The first-order chi connectivity index (χ1) is 12.3. The molecule has 0 aliphatic carbocycles. The molecule has 2 aromatic rings. The maximum atomic E-state index is 12.2. The van der Waals surface area contributed by atoms with E-state index in [-0.39, 0.29) is 25.0 Å². The van der Waals surface area contributed by atoms with Crippen molar-refractivity contribution in [3.63, 3.8) is 0 Å². The number of hydrogen-bond acceptors (Lipinski definition) is 3. The third-order valence-electron chi connectivity index (χ3n) is 3.99. The summed E-state index contributed by atoms with van der Waals surface area (Å²) in [5.74, 6) is 0.0845. The van der Waals surface area contributed by atoms with Gasteiger partial charge in [-0.25, -0.2) is 0 Å². The van der Waals surface area contributed by atoms with Gasteiger partial charge in [0.25, 0.3) is 5.91 Å². The number of anilines is 1. The van der Waals surface area contributed by atoms with Gasteiger partial charge >= 0.3 is 0 Å². The van der Waals surface area contributed by atoms with Crippen LogP contribution in [0, 0.1) is 20.8 Å². The van der Waals surface area contributed by atoms with Crippen LogP contribution in [0.3, 0.4) is 0 Å². The summed E-state index contributed by atoms with van der Waals surface area (Å²) in [5, 5.41) is 2.87. The second-order valence-corrected chi connectivity index (χ2v) is 7.14. The number of amides is 2. The molecule has 0 unspecified atom stereocenters. The van der Waals surface area contributed by atoms with Gasteiger partial charge in [-0.15, -0.1) is 0 Å². The first-order valence-electron chi connectivity index (χ1n) is 8.27. The summed E-state index contributed by atoms with van der Waals surface area (Å²) in [4.78, 5) is 25.8. The fourth-order valence-corrected chi connectivity index (χ4v) is 3.07. The Hall–Kier alpha value is -2.34. The topological polar surface area (TPSA) is 58.6 Å². The molecule has 0 heterocycles. The molecule has 0 saturated heterocycles. The highest BCUT2D eigenvalue weighted by molar-refractivity contribution is 9.10. The Bertz CT molecular complexity index is 800. The average molecular weight is 419 g/mol. The van der Waals surface area contributed by atoms with Crippen molar-refractivity contribution in [2.24, 2.45) is 0 Å². The molecule has 2 aromatic carbocycles. The van der Waals surface area contributed by atoms with E-state index < -0.39 is 0 Å². The van der Waals surface area contributed by atoms with Crippen molar-refractivity contribution >= 4 is 33.4 Å². The molecule has 0 aromatic heterocycles. The molecule has 0 atom stereocenters. The summed E-state index contributed by atoms with van der Waals surface area (Å²) >= 11 is 3.41.